The molecule has 0 aromatic heterocycles. The average Bonchev–Trinajstić information content (AvgIpc) is 2.16. The van der Waals surface area contributed by atoms with Crippen LogP contribution >= 0.6 is 0 Å². The van der Waals surface area contributed by atoms with Crippen molar-refractivity contribution in [1.29, 1.82) is 0 Å². The Balaban J connectivity index is 3.08. The van der Waals surface area contributed by atoms with Gasteiger partial charge in [0.15, 0.2) is 0 Å². The maximum absolute atomic E-state index is 12.4. The molecule has 1 rings (SSSR count). The third kappa shape index (κ3) is 3.11. The van der Waals surface area contributed by atoms with Gasteiger partial charge < -0.3 is 15.9 Å². The van der Waals surface area contributed by atoms with Crippen LogP contribution in [0.2, 0.25) is 0 Å². The summed E-state index contributed by atoms with van der Waals surface area (Å²) in [7, 11) is 0. The quantitative estimate of drug-likeness (QED) is 0.748. The Labute approximate surface area is 90.3 Å². The van der Waals surface area contributed by atoms with Crippen LogP contribution in [0.1, 0.15) is 23.6 Å². The number of rotatable bonds is 3. The molecule has 3 nitrogen and oxygen atoms in total. The van der Waals surface area contributed by atoms with Gasteiger partial charge in [-0.2, -0.15) is 13.2 Å². The van der Waals surface area contributed by atoms with Gasteiger partial charge in [-0.3, -0.25) is 0 Å². The van der Waals surface area contributed by atoms with E-state index in [-0.39, 0.29) is 18.6 Å². The topological polar surface area (TPSA) is 66.5 Å². The Morgan fingerprint density at radius 1 is 1.25 bits per heavy atom. The summed E-state index contributed by atoms with van der Waals surface area (Å²) < 4.78 is 37.2. The third-order valence-corrected chi connectivity index (χ3v) is 2.14. The molecule has 6 heteroatoms. The molecule has 1 aromatic rings. The van der Waals surface area contributed by atoms with E-state index in [0.29, 0.717) is 6.07 Å². The van der Waals surface area contributed by atoms with E-state index in [9.17, 15) is 13.2 Å². The van der Waals surface area contributed by atoms with Gasteiger partial charge in [0.1, 0.15) is 5.75 Å². The number of hydrogen-bond donors (Lipinski definition) is 3. The standard InChI is InChI=1S/C10H12F3NO2/c11-10(12,13)7-3-6(4-8(16)5-7)9(14)1-2-15/h3-5,9,15-16H,1-2,14H2. The molecule has 0 spiro atoms. The molecule has 0 saturated heterocycles. The van der Waals surface area contributed by atoms with E-state index in [4.69, 9.17) is 15.9 Å². The Hall–Kier alpha value is -1.27. The molecular weight excluding hydrogens is 223 g/mol. The molecule has 0 amide bonds. The largest absolute Gasteiger partial charge is 0.508 e. The van der Waals surface area contributed by atoms with E-state index >= 15 is 0 Å². The number of benzene rings is 1. The van der Waals surface area contributed by atoms with E-state index in [2.05, 4.69) is 0 Å². The maximum Gasteiger partial charge on any atom is 0.416 e. The highest BCUT2D eigenvalue weighted by molar-refractivity contribution is 5.36. The highest BCUT2D eigenvalue weighted by Crippen LogP contribution is 2.33. The zero-order valence-corrected chi connectivity index (χ0v) is 8.33. The summed E-state index contributed by atoms with van der Waals surface area (Å²) >= 11 is 0. The monoisotopic (exact) mass is 235 g/mol. The second-order valence-corrected chi connectivity index (χ2v) is 3.43. The smallest absolute Gasteiger partial charge is 0.416 e. The lowest BCUT2D eigenvalue weighted by atomic mass is 10.0. The van der Waals surface area contributed by atoms with E-state index < -0.39 is 23.5 Å². The lowest BCUT2D eigenvalue weighted by Crippen LogP contribution is -2.13. The second-order valence-electron chi connectivity index (χ2n) is 3.43. The van der Waals surface area contributed by atoms with Crippen molar-refractivity contribution in [2.75, 3.05) is 6.61 Å². The first-order valence-electron chi connectivity index (χ1n) is 4.62. The number of aromatic hydroxyl groups is 1. The van der Waals surface area contributed by atoms with E-state index in [0.717, 1.165) is 12.1 Å². The van der Waals surface area contributed by atoms with Gasteiger partial charge in [0.25, 0.3) is 0 Å². The van der Waals surface area contributed by atoms with Crippen LogP contribution < -0.4 is 5.73 Å². The van der Waals surface area contributed by atoms with Crippen molar-refractivity contribution < 1.29 is 23.4 Å². The minimum Gasteiger partial charge on any atom is -0.508 e. The van der Waals surface area contributed by atoms with Crippen LogP contribution in [0.4, 0.5) is 13.2 Å². The number of aliphatic hydroxyl groups is 1. The number of halogens is 3. The molecule has 4 N–H and O–H groups in total. The highest BCUT2D eigenvalue weighted by Gasteiger charge is 2.31. The third-order valence-electron chi connectivity index (χ3n) is 2.14. The minimum atomic E-state index is -4.52. The molecule has 0 aliphatic carbocycles. The summed E-state index contributed by atoms with van der Waals surface area (Å²) in [5, 5.41) is 17.8. The zero-order valence-electron chi connectivity index (χ0n) is 8.33. The Morgan fingerprint density at radius 3 is 2.38 bits per heavy atom. The maximum atomic E-state index is 12.4. The fourth-order valence-electron chi connectivity index (χ4n) is 1.32. The molecule has 0 aliphatic rings. The highest BCUT2D eigenvalue weighted by atomic mass is 19.4. The summed E-state index contributed by atoms with van der Waals surface area (Å²) in [6.07, 6.45) is -4.38. The van der Waals surface area contributed by atoms with Crippen LogP contribution in [-0.2, 0) is 6.18 Å². The number of nitrogens with two attached hydrogens (primary N) is 1. The second kappa shape index (κ2) is 4.71. The SMILES string of the molecule is NC(CCO)c1cc(O)cc(C(F)(F)F)c1. The molecule has 0 heterocycles. The van der Waals surface area contributed by atoms with E-state index in [1.54, 1.807) is 0 Å². The van der Waals surface area contributed by atoms with Gasteiger partial charge >= 0.3 is 6.18 Å². The van der Waals surface area contributed by atoms with Crippen LogP contribution in [0.15, 0.2) is 18.2 Å². The van der Waals surface area contributed by atoms with Crippen molar-refractivity contribution in [3.05, 3.63) is 29.3 Å². The molecule has 0 saturated carbocycles. The first-order valence-corrected chi connectivity index (χ1v) is 4.62. The fourth-order valence-corrected chi connectivity index (χ4v) is 1.32. The lowest BCUT2D eigenvalue weighted by molar-refractivity contribution is -0.137. The summed E-state index contributed by atoms with van der Waals surface area (Å²) in [5.74, 6) is -0.488. The van der Waals surface area contributed by atoms with Crippen molar-refractivity contribution in [3.8, 4) is 5.75 Å². The van der Waals surface area contributed by atoms with Gasteiger partial charge in [-0.25, -0.2) is 0 Å². The summed E-state index contributed by atoms with van der Waals surface area (Å²) in [4.78, 5) is 0. The predicted molar refractivity (Wildman–Crippen MR) is 51.7 cm³/mol. The summed E-state index contributed by atoms with van der Waals surface area (Å²) in [6, 6.07) is 1.95. The normalized spacial score (nSPS) is 13.8. The van der Waals surface area contributed by atoms with Gasteiger partial charge in [0.05, 0.1) is 5.56 Å². The molecule has 1 atom stereocenters. The van der Waals surface area contributed by atoms with Gasteiger partial charge in [-0.1, -0.05) is 0 Å². The molecule has 0 bridgehead atoms. The number of hydrogen-bond acceptors (Lipinski definition) is 3. The lowest BCUT2D eigenvalue weighted by Gasteiger charge is -2.14. The molecule has 0 radical (unpaired) electrons. The molecule has 1 unspecified atom stereocenters. The fraction of sp³-hybridized carbons (Fsp3) is 0.400. The first-order chi connectivity index (χ1) is 7.34. The van der Waals surface area contributed by atoms with Crippen LogP contribution in [0, 0.1) is 0 Å². The Bertz CT molecular complexity index is 366. The van der Waals surface area contributed by atoms with Crippen molar-refractivity contribution in [1.82, 2.24) is 0 Å². The van der Waals surface area contributed by atoms with Crippen LogP contribution in [0.5, 0.6) is 5.75 Å². The van der Waals surface area contributed by atoms with Gasteiger partial charge in [-0.15, -0.1) is 0 Å². The van der Waals surface area contributed by atoms with Gasteiger partial charge in [0.2, 0.25) is 0 Å². The number of phenolic OH excluding ortho intramolecular Hbond substituents is 1. The zero-order chi connectivity index (χ0) is 12.3. The minimum absolute atomic E-state index is 0.140. The van der Waals surface area contributed by atoms with Gasteiger partial charge in [-0.05, 0) is 30.2 Å². The molecule has 1 aromatic carbocycles. The number of phenols is 1. The average molecular weight is 235 g/mol. The number of aliphatic hydroxyl groups excluding tert-OH is 1. The molecule has 0 aliphatic heterocycles. The summed E-state index contributed by atoms with van der Waals surface area (Å²) in [6.45, 7) is -0.224. The van der Waals surface area contributed by atoms with Crippen molar-refractivity contribution in [3.63, 3.8) is 0 Å². The van der Waals surface area contributed by atoms with Crippen LogP contribution in [0.3, 0.4) is 0 Å². The summed E-state index contributed by atoms with van der Waals surface area (Å²) in [5.41, 5.74) is 4.75. The molecule has 16 heavy (non-hydrogen) atoms. The first kappa shape index (κ1) is 12.8. The predicted octanol–water partition coefficient (Wildman–Crippen LogP) is 1.79. The van der Waals surface area contributed by atoms with Crippen LogP contribution in [0.25, 0.3) is 0 Å². The van der Waals surface area contributed by atoms with Crippen molar-refractivity contribution in [2.45, 2.75) is 18.6 Å². The Morgan fingerprint density at radius 2 is 1.88 bits per heavy atom. The van der Waals surface area contributed by atoms with Gasteiger partial charge in [0, 0.05) is 12.6 Å². The Kier molecular flexibility index (Phi) is 3.77. The van der Waals surface area contributed by atoms with E-state index in [1.165, 1.54) is 0 Å². The van der Waals surface area contributed by atoms with Crippen molar-refractivity contribution in [2.24, 2.45) is 5.73 Å². The van der Waals surface area contributed by atoms with Crippen molar-refractivity contribution >= 4 is 0 Å². The van der Waals surface area contributed by atoms with Crippen LogP contribution in [-0.4, -0.2) is 16.8 Å². The van der Waals surface area contributed by atoms with E-state index in [1.807, 2.05) is 0 Å². The number of alkyl halides is 3. The molecular formula is C10H12F3NO2. The molecule has 90 valence electrons. The molecule has 0 fully saturated rings.